The molecule has 0 amide bonds. The third kappa shape index (κ3) is 7.97. The van der Waals surface area contributed by atoms with Crippen LogP contribution in [0.5, 0.6) is 0 Å². The van der Waals surface area contributed by atoms with E-state index >= 15 is 0 Å². The molecule has 1 aromatic carbocycles. The third-order valence-electron chi connectivity index (χ3n) is 6.23. The Morgan fingerprint density at radius 3 is 1.68 bits per heavy atom. The van der Waals surface area contributed by atoms with E-state index in [4.69, 9.17) is 68.8 Å². The smallest absolute Gasteiger partial charge is 0.335 e. The van der Waals surface area contributed by atoms with Crippen molar-refractivity contribution >= 4 is 47.1 Å². The molecule has 1 saturated carbocycles. The maximum Gasteiger partial charge on any atom is 0.335 e. The standard InChI is InChI=1S/C14H17Cl2NO.2C4H6O6/c1-18-9-13-7-14(13,4-5-17-8-13)10-2-3-11(15)12(16)6-10;2*5-1(3(7)8)2(6)4(9)10/h2-3,6,17H,4-5,7-9H2,1H3;2*1-2,5-6H,(H,7,8)(H,9,10)/t13-,14-;2*1-,2-/m011/s1. The van der Waals surface area contributed by atoms with Crippen molar-refractivity contribution in [2.45, 2.75) is 42.7 Å². The van der Waals surface area contributed by atoms with E-state index in [1.165, 1.54) is 12.0 Å². The summed E-state index contributed by atoms with van der Waals surface area (Å²) in [6.45, 7) is 2.90. The van der Waals surface area contributed by atoms with Gasteiger partial charge in [0.1, 0.15) is 0 Å². The Bertz CT molecular complexity index is 949. The van der Waals surface area contributed by atoms with Gasteiger partial charge in [-0.15, -0.1) is 0 Å². The lowest BCUT2D eigenvalue weighted by Gasteiger charge is -2.31. The van der Waals surface area contributed by atoms with Gasteiger partial charge in [0.25, 0.3) is 0 Å². The lowest BCUT2D eigenvalue weighted by atomic mass is 9.81. The van der Waals surface area contributed by atoms with Gasteiger partial charge in [0.05, 0.1) is 16.7 Å². The zero-order chi connectivity index (χ0) is 29.4. The van der Waals surface area contributed by atoms with E-state index in [-0.39, 0.29) is 10.8 Å². The molecule has 214 valence electrons. The van der Waals surface area contributed by atoms with E-state index < -0.39 is 48.3 Å². The molecule has 0 spiro atoms. The summed E-state index contributed by atoms with van der Waals surface area (Å²) in [6, 6.07) is 6.06. The monoisotopic (exact) mass is 585 g/mol. The molecule has 0 unspecified atom stereocenters. The van der Waals surface area contributed by atoms with Gasteiger partial charge in [-0.05, 0) is 37.1 Å². The molecule has 9 N–H and O–H groups in total. The summed E-state index contributed by atoms with van der Waals surface area (Å²) in [5.41, 5.74) is 1.80. The first-order valence-corrected chi connectivity index (χ1v) is 11.6. The number of hydrogen-bond donors (Lipinski definition) is 9. The fraction of sp³-hybridized carbons (Fsp3) is 0.545. The van der Waals surface area contributed by atoms with Crippen LogP contribution in [0.25, 0.3) is 0 Å². The van der Waals surface area contributed by atoms with Gasteiger partial charge in [-0.3, -0.25) is 0 Å². The van der Waals surface area contributed by atoms with E-state index in [0.29, 0.717) is 10.0 Å². The SMILES string of the molecule is COC[C@]12CNCC[C@@]1(c1ccc(Cl)c(Cl)c1)C2.O=C(O)[C@H](O)[C@@H](O)C(=O)O.O=C(O)[C@H](O)[C@@H](O)C(=O)O. The zero-order valence-electron chi connectivity index (χ0n) is 20.0. The summed E-state index contributed by atoms with van der Waals surface area (Å²) in [5, 5.41) is 69.8. The first-order chi connectivity index (χ1) is 17.6. The maximum absolute atomic E-state index is 9.77. The molecule has 0 bridgehead atoms. The van der Waals surface area contributed by atoms with E-state index in [0.717, 1.165) is 26.1 Å². The largest absolute Gasteiger partial charge is 0.479 e. The van der Waals surface area contributed by atoms with Crippen molar-refractivity contribution in [3.05, 3.63) is 33.8 Å². The Kier molecular flexibility index (Phi) is 12.3. The molecule has 38 heavy (non-hydrogen) atoms. The molecule has 0 radical (unpaired) electrons. The minimum absolute atomic E-state index is 0.239. The molecular formula is C22H29Cl2NO13. The van der Waals surface area contributed by atoms with Crippen molar-refractivity contribution in [2.24, 2.45) is 5.41 Å². The summed E-state index contributed by atoms with van der Waals surface area (Å²) in [5.74, 6) is -7.07. The molecule has 14 nitrogen and oxygen atoms in total. The second-order valence-corrected chi connectivity index (χ2v) is 9.47. The number of carboxylic acids is 4. The van der Waals surface area contributed by atoms with E-state index in [2.05, 4.69) is 11.4 Å². The number of rotatable bonds is 9. The zero-order valence-corrected chi connectivity index (χ0v) is 21.5. The van der Waals surface area contributed by atoms with E-state index in [1.807, 2.05) is 12.1 Å². The number of hydrogen-bond acceptors (Lipinski definition) is 10. The summed E-state index contributed by atoms with van der Waals surface area (Å²) < 4.78 is 5.43. The molecule has 0 aromatic heterocycles. The van der Waals surface area contributed by atoms with Gasteiger partial charge < -0.3 is 50.9 Å². The second-order valence-electron chi connectivity index (χ2n) is 8.66. The highest BCUT2D eigenvalue weighted by atomic mass is 35.5. The summed E-state index contributed by atoms with van der Waals surface area (Å²) in [6.07, 6.45) is -6.74. The van der Waals surface area contributed by atoms with Crippen LogP contribution in [-0.4, -0.2) is 116 Å². The molecule has 1 heterocycles. The normalized spacial score (nSPS) is 24.5. The van der Waals surface area contributed by atoms with Gasteiger partial charge in [-0.2, -0.15) is 0 Å². The van der Waals surface area contributed by atoms with Crippen molar-refractivity contribution in [1.82, 2.24) is 5.32 Å². The van der Waals surface area contributed by atoms with Gasteiger partial charge >= 0.3 is 23.9 Å². The molecule has 2 aliphatic rings. The highest BCUT2D eigenvalue weighted by Crippen LogP contribution is 2.67. The molecule has 3 rings (SSSR count). The second kappa shape index (κ2) is 14.0. The van der Waals surface area contributed by atoms with Crippen LogP contribution in [-0.2, 0) is 29.3 Å². The van der Waals surface area contributed by atoms with Crippen LogP contribution in [0.15, 0.2) is 18.2 Å². The number of ether oxygens (including phenoxy) is 1. The van der Waals surface area contributed by atoms with Crippen LogP contribution in [0.1, 0.15) is 18.4 Å². The fourth-order valence-electron chi connectivity index (χ4n) is 4.15. The van der Waals surface area contributed by atoms with Gasteiger partial charge in [0, 0.05) is 24.5 Å². The highest BCUT2D eigenvalue weighted by molar-refractivity contribution is 6.42. The Morgan fingerprint density at radius 1 is 0.868 bits per heavy atom. The van der Waals surface area contributed by atoms with Gasteiger partial charge in [-0.25, -0.2) is 19.2 Å². The van der Waals surface area contributed by atoms with Crippen LogP contribution in [0.3, 0.4) is 0 Å². The fourth-order valence-corrected chi connectivity index (χ4v) is 4.45. The number of carbonyl (C=O) groups is 4. The molecule has 1 saturated heterocycles. The van der Waals surface area contributed by atoms with E-state index in [9.17, 15) is 19.2 Å². The Labute approximate surface area is 226 Å². The predicted molar refractivity (Wildman–Crippen MR) is 129 cm³/mol. The van der Waals surface area contributed by atoms with Crippen molar-refractivity contribution in [2.75, 3.05) is 26.8 Å². The first kappa shape index (κ1) is 33.5. The van der Waals surface area contributed by atoms with Crippen LogP contribution in [0.2, 0.25) is 10.0 Å². The van der Waals surface area contributed by atoms with Crippen molar-refractivity contribution in [3.63, 3.8) is 0 Å². The number of methoxy groups -OCH3 is 1. The quantitative estimate of drug-likeness (QED) is 0.169. The number of aliphatic hydroxyl groups is 4. The molecule has 6 atom stereocenters. The van der Waals surface area contributed by atoms with Crippen molar-refractivity contribution in [1.29, 1.82) is 0 Å². The summed E-state index contributed by atoms with van der Waals surface area (Å²) in [7, 11) is 1.78. The van der Waals surface area contributed by atoms with Crippen LogP contribution >= 0.6 is 23.2 Å². The predicted octanol–water partition coefficient (Wildman–Crippen LogP) is -0.984. The van der Waals surface area contributed by atoms with Gasteiger partial charge in [-0.1, -0.05) is 29.3 Å². The first-order valence-electron chi connectivity index (χ1n) is 10.9. The van der Waals surface area contributed by atoms with Crippen LogP contribution in [0.4, 0.5) is 0 Å². The lowest BCUT2D eigenvalue weighted by Crippen LogP contribution is -2.40. The van der Waals surface area contributed by atoms with Crippen LogP contribution in [0, 0.1) is 5.41 Å². The Morgan fingerprint density at radius 2 is 1.32 bits per heavy atom. The molecule has 1 aliphatic carbocycles. The molecule has 16 heteroatoms. The highest BCUT2D eigenvalue weighted by Gasteiger charge is 2.68. The average molecular weight is 586 g/mol. The van der Waals surface area contributed by atoms with Gasteiger partial charge in [0.2, 0.25) is 0 Å². The minimum Gasteiger partial charge on any atom is -0.479 e. The van der Waals surface area contributed by atoms with Gasteiger partial charge in [0.15, 0.2) is 24.4 Å². The molecule has 1 aromatic rings. The number of piperidine rings is 1. The van der Waals surface area contributed by atoms with Crippen molar-refractivity contribution in [3.8, 4) is 0 Å². The number of aliphatic hydroxyl groups excluding tert-OH is 4. The van der Waals surface area contributed by atoms with Crippen LogP contribution < -0.4 is 5.32 Å². The molecular weight excluding hydrogens is 557 g/mol. The Hall–Kier alpha value is -2.56. The number of aliphatic carboxylic acids is 4. The van der Waals surface area contributed by atoms with Crippen molar-refractivity contribution < 1.29 is 64.8 Å². The summed E-state index contributed by atoms with van der Waals surface area (Å²) in [4.78, 5) is 39.1. The third-order valence-corrected chi connectivity index (χ3v) is 6.96. The lowest BCUT2D eigenvalue weighted by molar-refractivity contribution is -0.165. The molecule has 1 aliphatic heterocycles. The minimum atomic E-state index is -2.27. The number of fused-ring (bicyclic) bond motifs is 1. The number of nitrogens with one attached hydrogen (secondary N) is 1. The number of benzene rings is 1. The number of carboxylic acid groups (broad SMARTS) is 4. The van der Waals surface area contributed by atoms with E-state index in [1.54, 1.807) is 7.11 Å². The molecule has 2 fully saturated rings. The number of halogens is 2. The topological polar surface area (TPSA) is 251 Å². The summed E-state index contributed by atoms with van der Waals surface area (Å²) >= 11 is 12.2. The average Bonchev–Trinajstić information content (AvgIpc) is 3.54. The maximum atomic E-state index is 9.77. The Balaban J connectivity index is 0.000000312.